The van der Waals surface area contributed by atoms with E-state index in [0.717, 1.165) is 29.9 Å². The summed E-state index contributed by atoms with van der Waals surface area (Å²) in [6, 6.07) is 6.01. The zero-order valence-electron chi connectivity index (χ0n) is 12.9. The smallest absolute Gasteiger partial charge is 0.252 e. The second-order valence-corrected chi connectivity index (χ2v) is 5.81. The van der Waals surface area contributed by atoms with Crippen LogP contribution in [-0.4, -0.2) is 18.5 Å². The number of benzene rings is 1. The van der Waals surface area contributed by atoms with Crippen LogP contribution >= 0.6 is 0 Å². The first kappa shape index (κ1) is 15.6. The van der Waals surface area contributed by atoms with Gasteiger partial charge in [-0.15, -0.1) is 0 Å². The third-order valence-corrected chi connectivity index (χ3v) is 3.89. The molecule has 3 heteroatoms. The van der Waals surface area contributed by atoms with Gasteiger partial charge in [-0.25, -0.2) is 0 Å². The molecule has 1 aliphatic carbocycles. The van der Waals surface area contributed by atoms with Crippen LogP contribution in [-0.2, 0) is 0 Å². The zero-order chi connectivity index (χ0) is 15.2. The molecule has 1 atom stereocenters. The molecule has 0 spiro atoms. The molecule has 1 aromatic carbocycles. The summed E-state index contributed by atoms with van der Waals surface area (Å²) in [6.07, 6.45) is 4.68. The molecule has 1 amide bonds. The first-order valence-corrected chi connectivity index (χ1v) is 7.74. The van der Waals surface area contributed by atoms with Gasteiger partial charge in [0, 0.05) is 11.6 Å². The number of nitrogens with one attached hydrogen (secondary N) is 1. The molecule has 1 aromatic rings. The molecule has 1 fully saturated rings. The highest BCUT2D eigenvalue weighted by atomic mass is 16.1. The van der Waals surface area contributed by atoms with Crippen molar-refractivity contribution >= 4 is 5.91 Å². The largest absolute Gasteiger partial charge is 0.349 e. The Morgan fingerprint density at radius 1 is 1.48 bits per heavy atom. The van der Waals surface area contributed by atoms with Crippen LogP contribution in [0.5, 0.6) is 0 Å². The van der Waals surface area contributed by atoms with Crippen LogP contribution in [0, 0.1) is 24.7 Å². The van der Waals surface area contributed by atoms with Crippen LogP contribution in [0.1, 0.15) is 54.1 Å². The van der Waals surface area contributed by atoms with E-state index in [1.165, 1.54) is 12.8 Å². The minimum absolute atomic E-state index is 0.0242. The number of aryl methyl sites for hydroxylation is 1. The number of hydrogen-bond acceptors (Lipinski definition) is 2. The Kier molecular flexibility index (Phi) is 5.41. The van der Waals surface area contributed by atoms with Crippen molar-refractivity contribution in [2.24, 2.45) is 11.7 Å². The third kappa shape index (κ3) is 4.61. The molecule has 0 saturated heterocycles. The Morgan fingerprint density at radius 3 is 2.86 bits per heavy atom. The first-order valence-electron chi connectivity index (χ1n) is 7.74. The predicted molar refractivity (Wildman–Crippen MR) is 86.0 cm³/mol. The average molecular weight is 284 g/mol. The normalized spacial score (nSPS) is 15.0. The monoisotopic (exact) mass is 284 g/mol. The lowest BCUT2D eigenvalue weighted by molar-refractivity contribution is 0.0932. The maximum Gasteiger partial charge on any atom is 0.252 e. The summed E-state index contributed by atoms with van der Waals surface area (Å²) < 4.78 is 0. The summed E-state index contributed by atoms with van der Waals surface area (Å²) in [5, 5.41) is 3.15. The molecule has 1 aliphatic rings. The fourth-order valence-corrected chi connectivity index (χ4v) is 2.45. The fourth-order valence-electron chi connectivity index (χ4n) is 2.45. The molecule has 3 nitrogen and oxygen atoms in total. The minimum Gasteiger partial charge on any atom is -0.349 e. The Hall–Kier alpha value is -1.79. The van der Waals surface area contributed by atoms with Gasteiger partial charge in [0.25, 0.3) is 5.91 Å². The maximum absolute atomic E-state index is 12.5. The van der Waals surface area contributed by atoms with E-state index in [4.69, 9.17) is 5.73 Å². The number of hydrogen-bond donors (Lipinski definition) is 2. The van der Waals surface area contributed by atoms with Crippen LogP contribution in [0.4, 0.5) is 0 Å². The summed E-state index contributed by atoms with van der Waals surface area (Å²) in [7, 11) is 0. The van der Waals surface area contributed by atoms with Crippen molar-refractivity contribution in [1.82, 2.24) is 5.32 Å². The molecule has 1 unspecified atom stereocenters. The molecule has 0 aromatic heterocycles. The molecular formula is C18H24N2O. The lowest BCUT2D eigenvalue weighted by Crippen LogP contribution is -2.35. The van der Waals surface area contributed by atoms with Crippen LogP contribution in [0.2, 0.25) is 0 Å². The van der Waals surface area contributed by atoms with Gasteiger partial charge in [0.05, 0.1) is 12.1 Å². The first-order chi connectivity index (χ1) is 10.1. The SMILES string of the molecule is CCC(CC1CC1)NC(=O)c1ccc(C)cc1C#CCN. The van der Waals surface area contributed by atoms with Crippen molar-refractivity contribution in [2.75, 3.05) is 6.54 Å². The van der Waals surface area contributed by atoms with Crippen LogP contribution < -0.4 is 11.1 Å². The lowest BCUT2D eigenvalue weighted by Gasteiger charge is -2.17. The van der Waals surface area contributed by atoms with E-state index in [0.29, 0.717) is 12.1 Å². The fraction of sp³-hybridized carbons (Fsp3) is 0.500. The molecule has 1 saturated carbocycles. The van der Waals surface area contributed by atoms with E-state index in [2.05, 4.69) is 24.1 Å². The Balaban J connectivity index is 2.13. The van der Waals surface area contributed by atoms with Gasteiger partial charge in [0.1, 0.15) is 0 Å². The number of carbonyl (C=O) groups excluding carboxylic acids is 1. The second-order valence-electron chi connectivity index (χ2n) is 5.81. The molecule has 0 bridgehead atoms. The summed E-state index contributed by atoms with van der Waals surface area (Å²) in [6.45, 7) is 4.42. The second kappa shape index (κ2) is 7.28. The van der Waals surface area contributed by atoms with Gasteiger partial charge in [-0.2, -0.15) is 0 Å². The van der Waals surface area contributed by atoms with E-state index in [-0.39, 0.29) is 11.9 Å². The Morgan fingerprint density at radius 2 is 2.24 bits per heavy atom. The summed E-state index contributed by atoms with van der Waals surface area (Å²) in [5.74, 6) is 6.62. The van der Waals surface area contributed by atoms with E-state index < -0.39 is 0 Å². The van der Waals surface area contributed by atoms with Crippen LogP contribution in [0.25, 0.3) is 0 Å². The van der Waals surface area contributed by atoms with Gasteiger partial charge < -0.3 is 11.1 Å². The molecule has 0 radical (unpaired) electrons. The molecule has 0 heterocycles. The summed E-state index contributed by atoms with van der Waals surface area (Å²) >= 11 is 0. The maximum atomic E-state index is 12.5. The predicted octanol–water partition coefficient (Wildman–Crippen LogP) is 2.61. The van der Waals surface area contributed by atoms with Crippen molar-refractivity contribution in [2.45, 2.75) is 45.6 Å². The highest BCUT2D eigenvalue weighted by Gasteiger charge is 2.26. The van der Waals surface area contributed by atoms with Crippen LogP contribution in [0.3, 0.4) is 0 Å². The van der Waals surface area contributed by atoms with E-state index >= 15 is 0 Å². The van der Waals surface area contributed by atoms with Crippen molar-refractivity contribution in [3.05, 3.63) is 34.9 Å². The van der Waals surface area contributed by atoms with E-state index in [1.807, 2.05) is 25.1 Å². The number of carbonyl (C=O) groups is 1. The number of rotatable bonds is 5. The van der Waals surface area contributed by atoms with Gasteiger partial charge in [0.2, 0.25) is 0 Å². The van der Waals surface area contributed by atoms with Crippen LogP contribution in [0.15, 0.2) is 18.2 Å². The number of amides is 1. The van der Waals surface area contributed by atoms with Gasteiger partial charge in [0.15, 0.2) is 0 Å². The van der Waals surface area contributed by atoms with Crippen molar-refractivity contribution < 1.29 is 4.79 Å². The van der Waals surface area contributed by atoms with Crippen molar-refractivity contribution in [3.63, 3.8) is 0 Å². The molecule has 112 valence electrons. The minimum atomic E-state index is -0.0242. The molecule has 21 heavy (non-hydrogen) atoms. The van der Waals surface area contributed by atoms with E-state index in [1.54, 1.807) is 0 Å². The number of nitrogens with two attached hydrogens (primary N) is 1. The standard InChI is InChI=1S/C18H24N2O/c1-3-16(12-14-7-8-14)20-18(21)17-9-6-13(2)11-15(17)5-4-10-19/h6,9,11,14,16H,3,7-8,10,12,19H2,1-2H3,(H,20,21). The zero-order valence-corrected chi connectivity index (χ0v) is 12.9. The quantitative estimate of drug-likeness (QED) is 0.817. The average Bonchev–Trinajstić information content (AvgIpc) is 3.28. The highest BCUT2D eigenvalue weighted by Crippen LogP contribution is 2.34. The molecule has 3 N–H and O–H groups in total. The molecule has 2 rings (SSSR count). The van der Waals surface area contributed by atoms with E-state index in [9.17, 15) is 4.79 Å². The van der Waals surface area contributed by atoms with Crippen molar-refractivity contribution in [1.29, 1.82) is 0 Å². The topological polar surface area (TPSA) is 55.1 Å². The Bertz CT molecular complexity index is 564. The van der Waals surface area contributed by atoms with Crippen molar-refractivity contribution in [3.8, 4) is 11.8 Å². The lowest BCUT2D eigenvalue weighted by atomic mass is 10.0. The summed E-state index contributed by atoms with van der Waals surface area (Å²) in [4.78, 5) is 12.5. The van der Waals surface area contributed by atoms with Gasteiger partial charge >= 0.3 is 0 Å². The molecule has 0 aliphatic heterocycles. The molecular weight excluding hydrogens is 260 g/mol. The van der Waals surface area contributed by atoms with Gasteiger partial charge in [-0.3, -0.25) is 4.79 Å². The summed E-state index contributed by atoms with van der Waals surface area (Å²) in [5.41, 5.74) is 7.94. The highest BCUT2D eigenvalue weighted by molar-refractivity contribution is 5.97. The van der Waals surface area contributed by atoms with Gasteiger partial charge in [-0.1, -0.05) is 37.7 Å². The third-order valence-electron chi connectivity index (χ3n) is 3.89. The van der Waals surface area contributed by atoms with Gasteiger partial charge in [-0.05, 0) is 43.4 Å². The Labute approximate surface area is 127 Å².